The molecule has 21 heavy (non-hydrogen) atoms. The van der Waals surface area contributed by atoms with Crippen molar-refractivity contribution in [2.75, 3.05) is 11.9 Å². The molecule has 1 unspecified atom stereocenters. The Morgan fingerprint density at radius 3 is 2.62 bits per heavy atom. The third-order valence-electron chi connectivity index (χ3n) is 4.26. The minimum Gasteiger partial charge on any atom is -0.464 e. The summed E-state index contributed by atoms with van der Waals surface area (Å²) < 4.78 is 6.25. The highest BCUT2D eigenvalue weighted by atomic mass is 79.9. The quantitative estimate of drug-likeness (QED) is 0.784. The van der Waals surface area contributed by atoms with Crippen LogP contribution < -0.4 is 5.32 Å². The van der Waals surface area contributed by atoms with Crippen molar-refractivity contribution >= 4 is 27.6 Å². The van der Waals surface area contributed by atoms with Crippen molar-refractivity contribution in [1.29, 1.82) is 0 Å². The van der Waals surface area contributed by atoms with E-state index in [0.29, 0.717) is 12.5 Å². The Morgan fingerprint density at radius 2 is 2.00 bits per heavy atom. The fourth-order valence-electron chi connectivity index (χ4n) is 2.97. The van der Waals surface area contributed by atoms with Gasteiger partial charge in [0.05, 0.1) is 6.61 Å². The summed E-state index contributed by atoms with van der Waals surface area (Å²) in [6, 6.07) is 7.65. The molecule has 1 aliphatic carbocycles. The van der Waals surface area contributed by atoms with Crippen LogP contribution in [0.3, 0.4) is 0 Å². The Kier molecular flexibility index (Phi) is 6.09. The minimum atomic E-state index is -0.254. The Labute approximate surface area is 135 Å². The highest BCUT2D eigenvalue weighted by molar-refractivity contribution is 9.10. The van der Waals surface area contributed by atoms with Gasteiger partial charge in [-0.1, -0.05) is 31.9 Å². The number of esters is 1. The molecule has 0 spiro atoms. The lowest BCUT2D eigenvalue weighted by molar-refractivity contribution is -0.145. The van der Waals surface area contributed by atoms with Gasteiger partial charge in [0.2, 0.25) is 0 Å². The molecule has 1 saturated carbocycles. The van der Waals surface area contributed by atoms with Crippen LogP contribution in [0.25, 0.3) is 0 Å². The molecule has 3 nitrogen and oxygen atoms in total. The highest BCUT2D eigenvalue weighted by Gasteiger charge is 2.32. The first kappa shape index (κ1) is 16.3. The Balaban J connectivity index is 2.12. The summed E-state index contributed by atoms with van der Waals surface area (Å²) >= 11 is 3.53. The molecular formula is C17H24BrNO2. The van der Waals surface area contributed by atoms with Crippen LogP contribution in [0.1, 0.15) is 39.5 Å². The molecule has 0 heterocycles. The lowest BCUT2D eigenvalue weighted by Gasteiger charge is -2.32. The van der Waals surface area contributed by atoms with Crippen molar-refractivity contribution in [1.82, 2.24) is 0 Å². The number of anilines is 1. The van der Waals surface area contributed by atoms with Crippen LogP contribution in [0.5, 0.6) is 0 Å². The number of rotatable bonds is 5. The van der Waals surface area contributed by atoms with Gasteiger partial charge in [-0.25, -0.2) is 4.79 Å². The zero-order valence-corrected chi connectivity index (χ0v) is 14.4. The first-order valence-electron chi connectivity index (χ1n) is 7.79. The summed E-state index contributed by atoms with van der Waals surface area (Å²) in [6.07, 6.45) is 4.56. The Bertz CT molecular complexity index is 470. The number of hydrogen-bond acceptors (Lipinski definition) is 3. The van der Waals surface area contributed by atoms with Gasteiger partial charge >= 0.3 is 5.97 Å². The monoisotopic (exact) mass is 353 g/mol. The molecule has 0 bridgehead atoms. The van der Waals surface area contributed by atoms with E-state index in [-0.39, 0.29) is 12.0 Å². The van der Waals surface area contributed by atoms with Crippen molar-refractivity contribution < 1.29 is 9.53 Å². The number of ether oxygens (including phenoxy) is 1. The predicted octanol–water partition coefficient (Wildman–Crippen LogP) is 4.62. The molecular weight excluding hydrogens is 330 g/mol. The van der Waals surface area contributed by atoms with E-state index >= 15 is 0 Å². The fraction of sp³-hybridized carbons (Fsp3) is 0.588. The standard InChI is InChI=1S/C17H24BrNO2/c1-3-21-17(20)16(13-10-8-12(2)9-11-13)19-15-7-5-4-6-14(15)18/h4-7,12-13,16,19H,3,8-11H2,1-2H3. The van der Waals surface area contributed by atoms with Gasteiger partial charge in [0, 0.05) is 10.2 Å². The molecule has 2 rings (SSSR count). The van der Waals surface area contributed by atoms with Gasteiger partial charge in [-0.2, -0.15) is 0 Å². The van der Waals surface area contributed by atoms with Crippen LogP contribution in [-0.2, 0) is 9.53 Å². The first-order valence-corrected chi connectivity index (χ1v) is 8.58. The van der Waals surface area contributed by atoms with E-state index in [4.69, 9.17) is 4.74 Å². The summed E-state index contributed by atoms with van der Waals surface area (Å²) in [5.41, 5.74) is 0.953. The summed E-state index contributed by atoms with van der Waals surface area (Å²) in [5, 5.41) is 3.39. The number of carbonyl (C=O) groups is 1. The molecule has 1 aromatic carbocycles. The number of benzene rings is 1. The van der Waals surface area contributed by atoms with E-state index in [2.05, 4.69) is 28.2 Å². The van der Waals surface area contributed by atoms with Crippen molar-refractivity contribution in [3.05, 3.63) is 28.7 Å². The molecule has 1 atom stereocenters. The van der Waals surface area contributed by atoms with E-state index in [1.54, 1.807) is 0 Å². The molecule has 0 saturated heterocycles. The number of para-hydroxylation sites is 1. The zero-order chi connectivity index (χ0) is 15.2. The third-order valence-corrected chi connectivity index (χ3v) is 4.95. The van der Waals surface area contributed by atoms with Gasteiger partial charge in [-0.05, 0) is 59.7 Å². The molecule has 0 aliphatic heterocycles. The number of carbonyl (C=O) groups excluding carboxylic acids is 1. The van der Waals surface area contributed by atoms with Crippen molar-refractivity contribution in [3.63, 3.8) is 0 Å². The number of hydrogen-bond donors (Lipinski definition) is 1. The molecule has 0 amide bonds. The summed E-state index contributed by atoms with van der Waals surface area (Å²) in [6.45, 7) is 4.57. The van der Waals surface area contributed by atoms with E-state index in [0.717, 1.165) is 28.9 Å². The van der Waals surface area contributed by atoms with E-state index in [9.17, 15) is 4.79 Å². The molecule has 4 heteroatoms. The predicted molar refractivity (Wildman–Crippen MR) is 89.3 cm³/mol. The number of nitrogens with one attached hydrogen (secondary N) is 1. The topological polar surface area (TPSA) is 38.3 Å². The van der Waals surface area contributed by atoms with Crippen LogP contribution in [-0.4, -0.2) is 18.6 Å². The molecule has 1 fully saturated rings. The second kappa shape index (κ2) is 7.83. The lowest BCUT2D eigenvalue weighted by atomic mass is 9.79. The summed E-state index contributed by atoms with van der Waals surface area (Å²) in [7, 11) is 0. The van der Waals surface area contributed by atoms with E-state index in [1.165, 1.54) is 12.8 Å². The van der Waals surface area contributed by atoms with Crippen molar-refractivity contribution in [2.24, 2.45) is 11.8 Å². The van der Waals surface area contributed by atoms with Gasteiger partial charge < -0.3 is 10.1 Å². The van der Waals surface area contributed by atoms with E-state index < -0.39 is 0 Å². The Morgan fingerprint density at radius 1 is 1.33 bits per heavy atom. The summed E-state index contributed by atoms with van der Waals surface area (Å²) in [4.78, 5) is 12.3. The first-order chi connectivity index (χ1) is 10.1. The fourth-order valence-corrected chi connectivity index (χ4v) is 3.37. The van der Waals surface area contributed by atoms with Crippen LogP contribution in [0, 0.1) is 11.8 Å². The second-order valence-electron chi connectivity index (χ2n) is 5.87. The molecule has 116 valence electrons. The largest absolute Gasteiger partial charge is 0.464 e. The van der Waals surface area contributed by atoms with Crippen LogP contribution >= 0.6 is 15.9 Å². The van der Waals surface area contributed by atoms with Gasteiger partial charge in [-0.15, -0.1) is 0 Å². The van der Waals surface area contributed by atoms with Gasteiger partial charge in [-0.3, -0.25) is 0 Å². The highest BCUT2D eigenvalue weighted by Crippen LogP contribution is 2.33. The number of halogens is 1. The SMILES string of the molecule is CCOC(=O)C(Nc1ccccc1Br)C1CCC(C)CC1. The molecule has 1 aliphatic rings. The van der Waals surface area contributed by atoms with Gasteiger partial charge in [0.1, 0.15) is 6.04 Å². The maximum absolute atomic E-state index is 12.3. The maximum atomic E-state index is 12.3. The minimum absolute atomic E-state index is 0.132. The van der Waals surface area contributed by atoms with Crippen LogP contribution in [0.15, 0.2) is 28.7 Å². The third kappa shape index (κ3) is 4.47. The van der Waals surface area contributed by atoms with Crippen LogP contribution in [0.2, 0.25) is 0 Å². The summed E-state index contributed by atoms with van der Waals surface area (Å²) in [5.74, 6) is 0.993. The molecule has 0 aromatic heterocycles. The average molecular weight is 354 g/mol. The van der Waals surface area contributed by atoms with E-state index in [1.807, 2.05) is 31.2 Å². The van der Waals surface area contributed by atoms with Crippen molar-refractivity contribution in [2.45, 2.75) is 45.6 Å². The second-order valence-corrected chi connectivity index (χ2v) is 6.73. The molecule has 1 N–H and O–H groups in total. The maximum Gasteiger partial charge on any atom is 0.328 e. The van der Waals surface area contributed by atoms with Gasteiger partial charge in [0.15, 0.2) is 0 Å². The smallest absolute Gasteiger partial charge is 0.328 e. The molecule has 0 radical (unpaired) electrons. The van der Waals surface area contributed by atoms with Crippen LogP contribution in [0.4, 0.5) is 5.69 Å². The normalized spacial score (nSPS) is 23.4. The molecule has 1 aromatic rings. The van der Waals surface area contributed by atoms with Crippen molar-refractivity contribution in [3.8, 4) is 0 Å². The van der Waals surface area contributed by atoms with Gasteiger partial charge in [0.25, 0.3) is 0 Å². The average Bonchev–Trinajstić information content (AvgIpc) is 2.48. The Hall–Kier alpha value is -1.03. The zero-order valence-electron chi connectivity index (χ0n) is 12.8. The lowest BCUT2D eigenvalue weighted by Crippen LogP contribution is -2.40.